The van der Waals surface area contributed by atoms with Crippen LogP contribution in [0.3, 0.4) is 0 Å². The quantitative estimate of drug-likeness (QED) is 0.637. The topological polar surface area (TPSA) is 41.6 Å². The van der Waals surface area contributed by atoms with E-state index in [1.54, 1.807) is 6.07 Å². The second-order valence-electron chi connectivity index (χ2n) is 5.12. The van der Waals surface area contributed by atoms with Crippen LogP contribution in [-0.2, 0) is 16.0 Å². The van der Waals surface area contributed by atoms with Crippen molar-refractivity contribution in [2.24, 2.45) is 0 Å². The third-order valence-corrected chi connectivity index (χ3v) is 3.54. The van der Waals surface area contributed by atoms with E-state index in [9.17, 15) is 9.18 Å². The first kappa shape index (κ1) is 18.6. The standard InChI is InChI=1S/C17H27FN2O2/c1-3-20(4-2)11-13-22-12-10-19-17(21)9-8-15-6-5-7-16(18)14-15/h5-7,14H,3-4,8-13H2,1-2H3,(H,19,21). The minimum absolute atomic E-state index is 0.0309. The Balaban J connectivity index is 2.04. The van der Waals surface area contributed by atoms with Gasteiger partial charge in [0.05, 0.1) is 13.2 Å². The molecule has 0 spiro atoms. The number of amides is 1. The van der Waals surface area contributed by atoms with Gasteiger partial charge >= 0.3 is 0 Å². The Hall–Kier alpha value is -1.46. The molecular formula is C17H27FN2O2. The number of carbonyl (C=O) groups is 1. The van der Waals surface area contributed by atoms with Crippen LogP contribution in [0.15, 0.2) is 24.3 Å². The summed E-state index contributed by atoms with van der Waals surface area (Å²) in [5.74, 6) is -0.295. The van der Waals surface area contributed by atoms with Gasteiger partial charge in [0.2, 0.25) is 5.91 Å². The minimum atomic E-state index is -0.264. The van der Waals surface area contributed by atoms with E-state index in [0.717, 1.165) is 25.2 Å². The zero-order chi connectivity index (χ0) is 16.2. The first-order valence-electron chi connectivity index (χ1n) is 7.97. The number of aryl methyl sites for hydroxylation is 1. The summed E-state index contributed by atoms with van der Waals surface area (Å²) in [5, 5.41) is 2.81. The number of carbonyl (C=O) groups excluding carboxylic acids is 1. The fraction of sp³-hybridized carbons (Fsp3) is 0.588. The number of hydrogen-bond acceptors (Lipinski definition) is 3. The summed E-state index contributed by atoms with van der Waals surface area (Å²) in [6.07, 6.45) is 0.912. The zero-order valence-corrected chi connectivity index (χ0v) is 13.6. The maximum atomic E-state index is 13.0. The molecule has 0 heterocycles. The lowest BCUT2D eigenvalue weighted by Crippen LogP contribution is -2.30. The molecule has 1 amide bonds. The van der Waals surface area contributed by atoms with E-state index in [0.29, 0.717) is 32.6 Å². The number of nitrogens with one attached hydrogen (secondary N) is 1. The van der Waals surface area contributed by atoms with Crippen LogP contribution in [0.5, 0.6) is 0 Å². The van der Waals surface area contributed by atoms with Gasteiger partial charge < -0.3 is 15.0 Å². The lowest BCUT2D eigenvalue weighted by Gasteiger charge is -2.17. The molecule has 0 saturated carbocycles. The Morgan fingerprint density at radius 1 is 1.27 bits per heavy atom. The highest BCUT2D eigenvalue weighted by atomic mass is 19.1. The van der Waals surface area contributed by atoms with Crippen LogP contribution in [0, 0.1) is 5.82 Å². The molecule has 1 rings (SSSR count). The molecule has 0 fully saturated rings. The number of benzene rings is 1. The van der Waals surface area contributed by atoms with Crippen molar-refractivity contribution in [1.29, 1.82) is 0 Å². The molecule has 1 aromatic carbocycles. The second-order valence-corrected chi connectivity index (χ2v) is 5.12. The lowest BCUT2D eigenvalue weighted by molar-refractivity contribution is -0.121. The van der Waals surface area contributed by atoms with E-state index < -0.39 is 0 Å². The average Bonchev–Trinajstić information content (AvgIpc) is 2.52. The van der Waals surface area contributed by atoms with Gasteiger partial charge in [-0.05, 0) is 37.2 Å². The summed E-state index contributed by atoms with van der Waals surface area (Å²) >= 11 is 0. The van der Waals surface area contributed by atoms with Gasteiger partial charge in [0.1, 0.15) is 5.82 Å². The van der Waals surface area contributed by atoms with E-state index >= 15 is 0 Å². The molecule has 0 saturated heterocycles. The van der Waals surface area contributed by atoms with Crippen LogP contribution in [0.25, 0.3) is 0 Å². The highest BCUT2D eigenvalue weighted by molar-refractivity contribution is 5.76. The number of nitrogens with zero attached hydrogens (tertiary/aromatic N) is 1. The van der Waals surface area contributed by atoms with Crippen LogP contribution in [0.1, 0.15) is 25.8 Å². The molecule has 0 radical (unpaired) electrons. The van der Waals surface area contributed by atoms with Crippen molar-refractivity contribution in [1.82, 2.24) is 10.2 Å². The second kappa shape index (κ2) is 11.2. The number of likely N-dealkylation sites (N-methyl/N-ethyl adjacent to an activating group) is 1. The molecule has 0 aromatic heterocycles. The van der Waals surface area contributed by atoms with Gasteiger partial charge in [0.15, 0.2) is 0 Å². The van der Waals surface area contributed by atoms with Crippen molar-refractivity contribution < 1.29 is 13.9 Å². The zero-order valence-electron chi connectivity index (χ0n) is 13.6. The van der Waals surface area contributed by atoms with Gasteiger partial charge in [-0.3, -0.25) is 4.79 Å². The number of rotatable bonds is 11. The first-order chi connectivity index (χ1) is 10.7. The molecular weight excluding hydrogens is 283 g/mol. The largest absolute Gasteiger partial charge is 0.378 e. The lowest BCUT2D eigenvalue weighted by atomic mass is 10.1. The molecule has 22 heavy (non-hydrogen) atoms. The summed E-state index contributed by atoms with van der Waals surface area (Å²) < 4.78 is 18.5. The van der Waals surface area contributed by atoms with Gasteiger partial charge in [0, 0.05) is 19.5 Å². The first-order valence-corrected chi connectivity index (χ1v) is 7.97. The third-order valence-electron chi connectivity index (χ3n) is 3.54. The molecule has 0 unspecified atom stereocenters. The predicted octanol–water partition coefficient (Wildman–Crippen LogP) is 2.23. The van der Waals surface area contributed by atoms with Gasteiger partial charge in [-0.2, -0.15) is 0 Å². The van der Waals surface area contributed by atoms with Crippen molar-refractivity contribution in [3.63, 3.8) is 0 Å². The fourth-order valence-corrected chi connectivity index (χ4v) is 2.14. The SMILES string of the molecule is CCN(CC)CCOCCNC(=O)CCc1cccc(F)c1. The van der Waals surface area contributed by atoms with E-state index in [1.807, 2.05) is 6.07 Å². The minimum Gasteiger partial charge on any atom is -0.378 e. The van der Waals surface area contributed by atoms with Gasteiger partial charge in [-0.15, -0.1) is 0 Å². The molecule has 0 aliphatic carbocycles. The number of ether oxygens (including phenoxy) is 1. The summed E-state index contributed by atoms with van der Waals surface area (Å²) in [6.45, 7) is 8.94. The summed E-state index contributed by atoms with van der Waals surface area (Å²) in [5.41, 5.74) is 0.839. The van der Waals surface area contributed by atoms with Gasteiger partial charge in [0.25, 0.3) is 0 Å². The summed E-state index contributed by atoms with van der Waals surface area (Å²) in [6, 6.07) is 6.35. The maximum absolute atomic E-state index is 13.0. The van der Waals surface area contributed by atoms with Crippen molar-refractivity contribution in [2.75, 3.05) is 39.4 Å². The average molecular weight is 310 g/mol. The van der Waals surface area contributed by atoms with Gasteiger partial charge in [-0.1, -0.05) is 26.0 Å². The molecule has 1 aromatic rings. The molecule has 0 atom stereocenters. The number of hydrogen-bond donors (Lipinski definition) is 1. The Labute approximate surface area is 132 Å². The highest BCUT2D eigenvalue weighted by Gasteiger charge is 2.03. The number of halogens is 1. The molecule has 1 N–H and O–H groups in total. The molecule has 0 bridgehead atoms. The van der Waals surface area contributed by atoms with Crippen LogP contribution in [0.2, 0.25) is 0 Å². The third kappa shape index (κ3) is 8.10. The normalized spacial score (nSPS) is 10.9. The van der Waals surface area contributed by atoms with Crippen molar-refractivity contribution in [2.45, 2.75) is 26.7 Å². The Morgan fingerprint density at radius 2 is 2.05 bits per heavy atom. The molecule has 0 aliphatic heterocycles. The van der Waals surface area contributed by atoms with Gasteiger partial charge in [-0.25, -0.2) is 4.39 Å². The smallest absolute Gasteiger partial charge is 0.220 e. The molecule has 5 heteroatoms. The van der Waals surface area contributed by atoms with Crippen LogP contribution in [0.4, 0.5) is 4.39 Å². The Bertz CT molecular complexity index is 436. The highest BCUT2D eigenvalue weighted by Crippen LogP contribution is 2.05. The van der Waals surface area contributed by atoms with E-state index in [2.05, 4.69) is 24.1 Å². The Kier molecular flexibility index (Phi) is 9.42. The maximum Gasteiger partial charge on any atom is 0.220 e. The van der Waals surface area contributed by atoms with Crippen LogP contribution < -0.4 is 5.32 Å². The Morgan fingerprint density at radius 3 is 2.73 bits per heavy atom. The van der Waals surface area contributed by atoms with E-state index in [1.165, 1.54) is 12.1 Å². The predicted molar refractivity (Wildman–Crippen MR) is 86.3 cm³/mol. The fourth-order valence-electron chi connectivity index (χ4n) is 2.14. The van der Waals surface area contributed by atoms with E-state index in [4.69, 9.17) is 4.74 Å². The molecule has 4 nitrogen and oxygen atoms in total. The van der Waals surface area contributed by atoms with Crippen LogP contribution in [-0.4, -0.2) is 50.2 Å². The van der Waals surface area contributed by atoms with Crippen LogP contribution >= 0.6 is 0 Å². The van der Waals surface area contributed by atoms with E-state index in [-0.39, 0.29) is 11.7 Å². The summed E-state index contributed by atoms with van der Waals surface area (Å²) in [4.78, 5) is 14.0. The monoisotopic (exact) mass is 310 g/mol. The van der Waals surface area contributed by atoms with Crippen molar-refractivity contribution >= 4 is 5.91 Å². The van der Waals surface area contributed by atoms with Crippen molar-refractivity contribution in [3.8, 4) is 0 Å². The summed E-state index contributed by atoms with van der Waals surface area (Å²) in [7, 11) is 0. The molecule has 124 valence electrons. The van der Waals surface area contributed by atoms with Crippen molar-refractivity contribution in [3.05, 3.63) is 35.6 Å². The molecule has 0 aliphatic rings.